The number of carboxylic acid groups (broad SMARTS) is 1. The van der Waals surface area contributed by atoms with Crippen LogP contribution in [-0.4, -0.2) is 76.4 Å². The van der Waals surface area contributed by atoms with Gasteiger partial charge in [-0.2, -0.15) is 11.8 Å². The number of nitrogens with two attached hydrogens (primary N) is 1. The molecule has 32 heavy (non-hydrogen) atoms. The topological polar surface area (TPSA) is 142 Å². The first-order chi connectivity index (χ1) is 15.2. The second-order valence-corrected chi connectivity index (χ2v) is 8.88. The third kappa shape index (κ3) is 7.23. The number of nitrogens with one attached hydrogen (secondary N) is 2. The summed E-state index contributed by atoms with van der Waals surface area (Å²) in [6.45, 7) is 1.85. The number of hydrogen-bond donors (Lipinski definition) is 4. The number of carboxylic acids is 1. The molecule has 0 spiro atoms. The zero-order chi connectivity index (χ0) is 23.7. The molecule has 3 amide bonds. The minimum absolute atomic E-state index is 0.210. The largest absolute Gasteiger partial charge is 0.480 e. The highest BCUT2D eigenvalue weighted by Gasteiger charge is 2.38. The summed E-state index contributed by atoms with van der Waals surface area (Å²) in [7, 11) is 0. The number of thioether (sulfide) groups is 1. The van der Waals surface area contributed by atoms with Crippen molar-refractivity contribution in [3.05, 3.63) is 35.9 Å². The van der Waals surface area contributed by atoms with Crippen LogP contribution < -0.4 is 16.4 Å². The molecule has 1 saturated heterocycles. The first-order valence-electron chi connectivity index (χ1n) is 10.7. The summed E-state index contributed by atoms with van der Waals surface area (Å²) in [5, 5.41) is 14.7. The molecule has 5 N–H and O–H groups in total. The van der Waals surface area contributed by atoms with Crippen LogP contribution in [-0.2, 0) is 25.6 Å². The molecule has 0 bridgehead atoms. The number of carbonyl (C=O) groups is 4. The van der Waals surface area contributed by atoms with Gasteiger partial charge in [-0.05, 0) is 43.8 Å². The van der Waals surface area contributed by atoms with Crippen molar-refractivity contribution in [2.24, 2.45) is 5.73 Å². The Balaban J connectivity index is 2.10. The van der Waals surface area contributed by atoms with Gasteiger partial charge in [0.2, 0.25) is 17.7 Å². The molecule has 0 aliphatic carbocycles. The van der Waals surface area contributed by atoms with E-state index in [1.54, 1.807) is 11.8 Å². The normalized spacial score (nSPS) is 18.5. The van der Waals surface area contributed by atoms with E-state index in [-0.39, 0.29) is 6.42 Å². The number of amides is 3. The quantitative estimate of drug-likeness (QED) is 0.371. The predicted molar refractivity (Wildman–Crippen MR) is 123 cm³/mol. The minimum Gasteiger partial charge on any atom is -0.480 e. The summed E-state index contributed by atoms with van der Waals surface area (Å²) in [5.41, 5.74) is 6.68. The molecule has 0 aromatic heterocycles. The molecule has 4 unspecified atom stereocenters. The van der Waals surface area contributed by atoms with Crippen LogP contribution >= 0.6 is 11.8 Å². The van der Waals surface area contributed by atoms with Gasteiger partial charge in [-0.3, -0.25) is 14.4 Å². The van der Waals surface area contributed by atoms with E-state index in [1.165, 1.54) is 11.8 Å². The molecule has 4 atom stereocenters. The molecule has 1 aromatic carbocycles. The van der Waals surface area contributed by atoms with Crippen molar-refractivity contribution in [3.63, 3.8) is 0 Å². The third-order valence-electron chi connectivity index (χ3n) is 5.44. The van der Waals surface area contributed by atoms with Crippen molar-refractivity contribution in [1.29, 1.82) is 0 Å². The van der Waals surface area contributed by atoms with E-state index in [0.717, 1.165) is 11.3 Å². The molecule has 1 heterocycles. The molecule has 1 aromatic rings. The van der Waals surface area contributed by atoms with Crippen LogP contribution in [0.2, 0.25) is 0 Å². The Kier molecular flexibility index (Phi) is 9.98. The maximum absolute atomic E-state index is 13.2. The van der Waals surface area contributed by atoms with Crippen LogP contribution in [0.15, 0.2) is 30.3 Å². The fourth-order valence-electron chi connectivity index (χ4n) is 3.60. The van der Waals surface area contributed by atoms with Crippen molar-refractivity contribution in [2.45, 2.75) is 56.8 Å². The van der Waals surface area contributed by atoms with Crippen LogP contribution in [0.3, 0.4) is 0 Å². The van der Waals surface area contributed by atoms with Gasteiger partial charge in [0.05, 0.1) is 6.04 Å². The summed E-state index contributed by atoms with van der Waals surface area (Å²) >= 11 is 1.58. The molecular weight excluding hydrogens is 432 g/mol. The monoisotopic (exact) mass is 464 g/mol. The van der Waals surface area contributed by atoms with E-state index in [4.69, 9.17) is 5.73 Å². The Labute approximate surface area is 192 Å². The summed E-state index contributed by atoms with van der Waals surface area (Å²) in [4.78, 5) is 51.1. The number of hydrogen-bond acceptors (Lipinski definition) is 6. The first kappa shape index (κ1) is 25.7. The Morgan fingerprint density at radius 2 is 1.88 bits per heavy atom. The van der Waals surface area contributed by atoms with E-state index >= 15 is 0 Å². The number of carbonyl (C=O) groups excluding carboxylic acids is 3. The predicted octanol–water partition coefficient (Wildman–Crippen LogP) is 0.375. The maximum atomic E-state index is 13.2. The highest BCUT2D eigenvalue weighted by molar-refractivity contribution is 7.98. The molecule has 0 radical (unpaired) electrons. The standard InChI is InChI=1S/C22H32N4O5S/c1-14(24-20(28)16(23)10-12-32-2)19(27)25-17(13-15-7-4-3-5-8-15)21(29)26-11-6-9-18(26)22(30)31/h3-5,7-8,14,16-18H,6,9-13,23H2,1-2H3,(H,24,28)(H,25,27)(H,30,31). The maximum Gasteiger partial charge on any atom is 0.326 e. The molecule has 1 fully saturated rings. The van der Waals surface area contributed by atoms with Crippen LogP contribution in [0.5, 0.6) is 0 Å². The van der Waals surface area contributed by atoms with Gasteiger partial charge < -0.3 is 26.4 Å². The number of likely N-dealkylation sites (tertiary alicyclic amines) is 1. The lowest BCUT2D eigenvalue weighted by Gasteiger charge is -2.28. The van der Waals surface area contributed by atoms with Gasteiger partial charge in [0.1, 0.15) is 18.1 Å². The van der Waals surface area contributed by atoms with Crippen LogP contribution in [0.1, 0.15) is 31.7 Å². The molecule has 0 saturated carbocycles. The lowest BCUT2D eigenvalue weighted by molar-refractivity contribution is -0.149. The van der Waals surface area contributed by atoms with Crippen molar-refractivity contribution in [1.82, 2.24) is 15.5 Å². The summed E-state index contributed by atoms with van der Waals surface area (Å²) in [5.74, 6) is -1.74. The Morgan fingerprint density at radius 3 is 2.50 bits per heavy atom. The van der Waals surface area contributed by atoms with Crippen molar-refractivity contribution in [3.8, 4) is 0 Å². The van der Waals surface area contributed by atoms with Gasteiger partial charge in [0.25, 0.3) is 0 Å². The van der Waals surface area contributed by atoms with Gasteiger partial charge in [-0.25, -0.2) is 4.79 Å². The van der Waals surface area contributed by atoms with E-state index < -0.39 is 47.9 Å². The number of benzene rings is 1. The average Bonchev–Trinajstić information content (AvgIpc) is 3.27. The zero-order valence-corrected chi connectivity index (χ0v) is 19.3. The molecule has 176 valence electrons. The molecule has 1 aliphatic rings. The van der Waals surface area contributed by atoms with Crippen molar-refractivity contribution >= 4 is 35.5 Å². The highest BCUT2D eigenvalue weighted by Crippen LogP contribution is 2.19. The molecule has 9 nitrogen and oxygen atoms in total. The number of aliphatic carboxylic acids is 1. The van der Waals surface area contributed by atoms with Gasteiger partial charge in [0.15, 0.2) is 0 Å². The zero-order valence-electron chi connectivity index (χ0n) is 18.5. The van der Waals surface area contributed by atoms with E-state index in [2.05, 4.69) is 10.6 Å². The lowest BCUT2D eigenvalue weighted by atomic mass is 10.0. The summed E-state index contributed by atoms with van der Waals surface area (Å²) in [6.07, 6.45) is 3.59. The van der Waals surface area contributed by atoms with Gasteiger partial charge >= 0.3 is 5.97 Å². The molecule has 1 aliphatic heterocycles. The van der Waals surface area contributed by atoms with E-state index in [9.17, 15) is 24.3 Å². The fraction of sp³-hybridized carbons (Fsp3) is 0.545. The van der Waals surface area contributed by atoms with Gasteiger partial charge in [-0.1, -0.05) is 30.3 Å². The van der Waals surface area contributed by atoms with Gasteiger partial charge in [-0.15, -0.1) is 0 Å². The number of nitrogens with zero attached hydrogens (tertiary/aromatic N) is 1. The Hall–Kier alpha value is -2.59. The van der Waals surface area contributed by atoms with E-state index in [0.29, 0.717) is 25.8 Å². The summed E-state index contributed by atoms with van der Waals surface area (Å²) in [6, 6.07) is 5.70. The SMILES string of the molecule is CSCCC(N)C(=O)NC(C)C(=O)NC(Cc1ccccc1)C(=O)N1CCCC1C(=O)O. The second-order valence-electron chi connectivity index (χ2n) is 7.90. The fourth-order valence-corrected chi connectivity index (χ4v) is 4.09. The second kappa shape index (κ2) is 12.4. The minimum atomic E-state index is -1.06. The van der Waals surface area contributed by atoms with E-state index in [1.807, 2.05) is 36.6 Å². The average molecular weight is 465 g/mol. The highest BCUT2D eigenvalue weighted by atomic mass is 32.2. The first-order valence-corrected chi connectivity index (χ1v) is 12.1. The smallest absolute Gasteiger partial charge is 0.326 e. The van der Waals surface area contributed by atoms with Crippen molar-refractivity contribution < 1.29 is 24.3 Å². The molecular formula is C22H32N4O5S. The Morgan fingerprint density at radius 1 is 1.19 bits per heavy atom. The van der Waals surface area contributed by atoms with Gasteiger partial charge in [0, 0.05) is 13.0 Å². The van der Waals surface area contributed by atoms with Crippen LogP contribution in [0.4, 0.5) is 0 Å². The third-order valence-corrected chi connectivity index (χ3v) is 6.08. The Bertz CT molecular complexity index is 807. The van der Waals surface area contributed by atoms with Crippen molar-refractivity contribution in [2.75, 3.05) is 18.6 Å². The van der Waals surface area contributed by atoms with Crippen LogP contribution in [0, 0.1) is 0 Å². The molecule has 10 heteroatoms. The number of rotatable bonds is 11. The lowest BCUT2D eigenvalue weighted by Crippen LogP contribution is -2.57. The summed E-state index contributed by atoms with van der Waals surface area (Å²) < 4.78 is 0. The molecule has 2 rings (SSSR count). The van der Waals surface area contributed by atoms with Crippen LogP contribution in [0.25, 0.3) is 0 Å².